The number of nitrogens with one attached hydrogen (secondary N) is 4. The molecule has 0 saturated heterocycles. The molecular weight excluding hydrogens is 801 g/mol. The van der Waals surface area contributed by atoms with Crippen LogP contribution in [0.25, 0.3) is 0 Å². The second-order valence-corrected chi connectivity index (χ2v) is 17.6. The van der Waals surface area contributed by atoms with Crippen molar-refractivity contribution in [2.75, 3.05) is 23.7 Å². The minimum Gasteiger partial charge on any atom is -0.497 e. The average molecular weight is 841 g/mol. The number of methoxy groups -OCH3 is 2. The number of benzene rings is 6. The lowest BCUT2D eigenvalue weighted by Crippen LogP contribution is -2.15. The molecule has 60 heavy (non-hydrogen) atoms. The number of nitrogens with zero attached hydrogens (tertiary/aromatic N) is 2. The van der Waals surface area contributed by atoms with Crippen molar-refractivity contribution in [2.45, 2.75) is 34.7 Å². The van der Waals surface area contributed by atoms with Crippen LogP contribution >= 0.6 is 0 Å². The molecule has 2 unspecified atom stereocenters. The number of sulfonamides is 2. The monoisotopic (exact) mass is 840 g/mol. The molecule has 304 valence electrons. The third-order valence-corrected chi connectivity index (χ3v) is 13.0. The highest BCUT2D eigenvalue weighted by Gasteiger charge is 2.25. The summed E-state index contributed by atoms with van der Waals surface area (Å²) < 4.78 is 69.8. The van der Waals surface area contributed by atoms with E-state index in [1.54, 1.807) is 62.8 Å². The fraction of sp³-hybridized carbons (Fsp3) is 0.133. The van der Waals surface area contributed by atoms with Crippen LogP contribution in [-0.4, -0.2) is 48.3 Å². The predicted molar refractivity (Wildman–Crippen MR) is 231 cm³/mol. The van der Waals surface area contributed by atoms with Gasteiger partial charge in [-0.25, -0.2) is 16.8 Å². The fourth-order valence-electron chi connectivity index (χ4n) is 7.01. The second kappa shape index (κ2) is 16.7. The van der Waals surface area contributed by atoms with Gasteiger partial charge in [-0.2, -0.15) is 10.2 Å². The first-order valence-electron chi connectivity index (χ1n) is 18.9. The van der Waals surface area contributed by atoms with Gasteiger partial charge in [0, 0.05) is 35.3 Å². The fourth-order valence-corrected chi connectivity index (χ4v) is 9.22. The maximum absolute atomic E-state index is 13.7. The Morgan fingerprint density at radius 2 is 0.950 bits per heavy atom. The minimum atomic E-state index is -4.11. The summed E-state index contributed by atoms with van der Waals surface area (Å²) in [6, 6.07) is 40.5. The molecule has 6 aromatic carbocycles. The lowest BCUT2D eigenvalue weighted by atomic mass is 9.99. The molecule has 2 aliphatic heterocycles. The molecular formula is C45H40N6O7S2. The summed E-state index contributed by atoms with van der Waals surface area (Å²) in [6.45, 7) is 0. The van der Waals surface area contributed by atoms with Crippen molar-refractivity contribution in [2.24, 2.45) is 10.2 Å². The van der Waals surface area contributed by atoms with Gasteiger partial charge in [0.05, 0.1) is 47.5 Å². The van der Waals surface area contributed by atoms with E-state index in [1.807, 2.05) is 48.5 Å². The number of rotatable bonds is 14. The smallest absolute Gasteiger partial charge is 0.261 e. The van der Waals surface area contributed by atoms with Crippen LogP contribution in [0, 0.1) is 0 Å². The van der Waals surface area contributed by atoms with Crippen molar-refractivity contribution >= 4 is 48.6 Å². The SMILES string of the molecule is COc1cccc(C2CC(c3ccc(NS(=O)(=O)c4cccc(C(=O)c5cccc(S(=O)(=O)Nc6ccc(C7=NNC(c8cccc(OC)c8)C7)cc6)c5)c4)cc3)=NN2)c1. The Labute approximate surface area is 348 Å². The molecule has 4 N–H and O–H groups in total. The van der Waals surface area contributed by atoms with Crippen molar-refractivity contribution in [1.29, 1.82) is 0 Å². The molecule has 0 aliphatic carbocycles. The number of carbonyl (C=O) groups excluding carboxylic acids is 1. The summed E-state index contributed by atoms with van der Waals surface area (Å²) in [5.74, 6) is 0.972. The van der Waals surface area contributed by atoms with Crippen LogP contribution in [0.3, 0.4) is 0 Å². The van der Waals surface area contributed by atoms with Crippen LogP contribution in [0.1, 0.15) is 63.1 Å². The maximum atomic E-state index is 13.7. The van der Waals surface area contributed by atoms with Crippen LogP contribution in [0.4, 0.5) is 11.4 Å². The van der Waals surface area contributed by atoms with E-state index in [0.717, 1.165) is 45.2 Å². The number of ketones is 1. The van der Waals surface area contributed by atoms with Crippen LogP contribution in [0.5, 0.6) is 11.5 Å². The Balaban J connectivity index is 0.897. The van der Waals surface area contributed by atoms with E-state index in [0.29, 0.717) is 24.2 Å². The quantitative estimate of drug-likeness (QED) is 0.0814. The van der Waals surface area contributed by atoms with Crippen LogP contribution < -0.4 is 29.8 Å². The van der Waals surface area contributed by atoms with Gasteiger partial charge in [0.25, 0.3) is 20.0 Å². The Hall–Kier alpha value is -6.97. The van der Waals surface area contributed by atoms with Crippen LogP contribution in [-0.2, 0) is 20.0 Å². The van der Waals surface area contributed by atoms with E-state index in [9.17, 15) is 21.6 Å². The Morgan fingerprint density at radius 1 is 0.550 bits per heavy atom. The van der Waals surface area contributed by atoms with E-state index >= 15 is 0 Å². The largest absolute Gasteiger partial charge is 0.497 e. The molecule has 2 heterocycles. The maximum Gasteiger partial charge on any atom is 0.261 e. The number of ether oxygens (including phenoxy) is 2. The first-order valence-corrected chi connectivity index (χ1v) is 21.9. The lowest BCUT2D eigenvalue weighted by molar-refractivity contribution is 0.103. The minimum absolute atomic E-state index is 0.0209. The predicted octanol–water partition coefficient (Wildman–Crippen LogP) is 7.41. The molecule has 0 saturated carbocycles. The third kappa shape index (κ3) is 8.72. The first kappa shape index (κ1) is 39.8. The average Bonchev–Trinajstić information content (AvgIpc) is 3.99. The zero-order valence-corrected chi connectivity index (χ0v) is 34.1. The zero-order valence-electron chi connectivity index (χ0n) is 32.5. The van der Waals surface area contributed by atoms with Gasteiger partial charge in [0.1, 0.15) is 11.5 Å². The zero-order chi connectivity index (χ0) is 41.9. The van der Waals surface area contributed by atoms with Gasteiger partial charge in [-0.1, -0.05) is 72.8 Å². The summed E-state index contributed by atoms with van der Waals surface area (Å²) in [5.41, 5.74) is 12.5. The van der Waals surface area contributed by atoms with E-state index in [2.05, 4.69) is 30.5 Å². The summed E-state index contributed by atoms with van der Waals surface area (Å²) in [4.78, 5) is 13.4. The van der Waals surface area contributed by atoms with Crippen LogP contribution in [0.15, 0.2) is 166 Å². The summed E-state index contributed by atoms with van der Waals surface area (Å²) in [6.07, 6.45) is 1.28. The van der Waals surface area contributed by atoms with Gasteiger partial charge < -0.3 is 20.3 Å². The summed E-state index contributed by atoms with van der Waals surface area (Å²) >= 11 is 0. The lowest BCUT2D eigenvalue weighted by Gasteiger charge is -2.12. The Bertz CT molecular complexity index is 2670. The van der Waals surface area contributed by atoms with Gasteiger partial charge in [-0.15, -0.1) is 0 Å². The van der Waals surface area contributed by atoms with E-state index in [4.69, 9.17) is 9.47 Å². The highest BCUT2D eigenvalue weighted by atomic mass is 32.2. The van der Waals surface area contributed by atoms with E-state index in [-0.39, 0.29) is 33.0 Å². The molecule has 0 fully saturated rings. The molecule has 15 heteroatoms. The number of carbonyl (C=O) groups is 1. The summed E-state index contributed by atoms with van der Waals surface area (Å²) in [7, 11) is -4.97. The molecule has 0 bridgehead atoms. The topological polar surface area (TPSA) is 177 Å². The number of hydrogen-bond donors (Lipinski definition) is 4. The highest BCUT2D eigenvalue weighted by molar-refractivity contribution is 7.93. The second-order valence-electron chi connectivity index (χ2n) is 14.2. The van der Waals surface area contributed by atoms with Crippen molar-refractivity contribution in [1.82, 2.24) is 10.9 Å². The van der Waals surface area contributed by atoms with E-state index < -0.39 is 25.8 Å². The number of anilines is 2. The Morgan fingerprint density at radius 3 is 1.35 bits per heavy atom. The van der Waals surface area contributed by atoms with Gasteiger partial charge >= 0.3 is 0 Å². The third-order valence-electron chi connectivity index (χ3n) is 10.3. The number of hydrogen-bond acceptors (Lipinski definition) is 11. The highest BCUT2D eigenvalue weighted by Crippen LogP contribution is 2.30. The molecule has 0 aromatic heterocycles. The molecule has 2 aliphatic rings. The van der Waals surface area contributed by atoms with Crippen molar-refractivity contribution in [3.8, 4) is 11.5 Å². The molecule has 6 aromatic rings. The van der Waals surface area contributed by atoms with Crippen molar-refractivity contribution < 1.29 is 31.1 Å². The molecule has 0 radical (unpaired) electrons. The molecule has 2 atom stereocenters. The van der Waals surface area contributed by atoms with Crippen molar-refractivity contribution in [3.63, 3.8) is 0 Å². The molecule has 13 nitrogen and oxygen atoms in total. The molecule has 0 spiro atoms. The van der Waals surface area contributed by atoms with Gasteiger partial charge in [-0.05, 0) is 95.1 Å². The van der Waals surface area contributed by atoms with Gasteiger partial charge in [0.2, 0.25) is 0 Å². The normalized spacial score (nSPS) is 16.2. The standard InChI is InChI=1S/C45H40N6O7S2/c1-57-37-11-3-7-31(23-37)43-27-41(46-48-43)29-15-19-35(20-16-29)50-59(53,54)39-13-5-9-33(25-39)45(52)34-10-6-14-40(26-34)60(55,56)51-36-21-17-30(18-22-36)42-28-44(49-47-42)32-8-4-12-38(24-32)58-2/h3-26,43-44,48-51H,27-28H2,1-2H3. The molecule has 0 amide bonds. The van der Waals surface area contributed by atoms with Crippen molar-refractivity contribution in [3.05, 3.63) is 179 Å². The Kier molecular flexibility index (Phi) is 11.1. The van der Waals surface area contributed by atoms with E-state index in [1.165, 1.54) is 48.5 Å². The van der Waals surface area contributed by atoms with Gasteiger partial charge in [0.15, 0.2) is 5.78 Å². The summed E-state index contributed by atoms with van der Waals surface area (Å²) in [5, 5.41) is 9.00. The first-order chi connectivity index (χ1) is 29.0. The van der Waals surface area contributed by atoms with Crippen LogP contribution in [0.2, 0.25) is 0 Å². The molecule has 8 rings (SSSR count). The number of hydrazone groups is 2. The van der Waals surface area contributed by atoms with Gasteiger partial charge in [-0.3, -0.25) is 14.2 Å².